The number of thiazole rings is 1. The molecule has 2 bridgehead atoms. The molecule has 3 fully saturated rings. The number of aromatic hydroxyl groups is 1. The summed E-state index contributed by atoms with van der Waals surface area (Å²) in [4.78, 5) is 44.8. The van der Waals surface area contributed by atoms with Gasteiger partial charge in [-0.1, -0.05) is 35.1 Å². The van der Waals surface area contributed by atoms with Crippen LogP contribution in [0.4, 0.5) is 5.69 Å². The first kappa shape index (κ1) is 20.8. The van der Waals surface area contributed by atoms with Crippen molar-refractivity contribution < 1.29 is 14.7 Å². The van der Waals surface area contributed by atoms with Gasteiger partial charge in [0, 0.05) is 21.1 Å². The predicted octanol–water partition coefficient (Wildman–Crippen LogP) is 4.47. The number of phenols is 1. The lowest BCUT2D eigenvalue weighted by Crippen LogP contribution is -2.42. The van der Waals surface area contributed by atoms with E-state index in [0.29, 0.717) is 10.7 Å². The smallest absolute Gasteiger partial charge is 0.305 e. The zero-order valence-corrected chi connectivity index (χ0v) is 20.1. The number of phenolic OH excluding ortho intramolecular Hbond substituents is 1. The molecule has 9 heteroatoms. The largest absolute Gasteiger partial charge is 0.508 e. The van der Waals surface area contributed by atoms with Gasteiger partial charge in [0.1, 0.15) is 5.75 Å². The minimum atomic E-state index is -0.341. The highest BCUT2D eigenvalue weighted by Crippen LogP contribution is 2.68. The zero-order valence-electron chi connectivity index (χ0n) is 17.7. The number of benzene rings is 2. The Balaban J connectivity index is 1.32. The summed E-state index contributed by atoms with van der Waals surface area (Å²) in [5.41, 5.74) is 1.60. The summed E-state index contributed by atoms with van der Waals surface area (Å²) < 4.78 is 0. The first-order valence-corrected chi connectivity index (χ1v) is 13.3. The number of amides is 2. The van der Waals surface area contributed by atoms with E-state index >= 15 is 0 Å². The van der Waals surface area contributed by atoms with Gasteiger partial charge in [0.2, 0.25) is 11.8 Å². The van der Waals surface area contributed by atoms with E-state index in [4.69, 9.17) is 11.6 Å². The van der Waals surface area contributed by atoms with E-state index in [0.717, 1.165) is 21.9 Å². The number of thioether (sulfide) groups is 1. The molecular formula is C25H19ClN2O4S2. The third-order valence-electron chi connectivity index (χ3n) is 8.06. The Bertz CT molecular complexity index is 1400. The number of rotatable bonds is 2. The molecule has 34 heavy (non-hydrogen) atoms. The Morgan fingerprint density at radius 2 is 1.62 bits per heavy atom. The topological polar surface area (TPSA) is 90.5 Å². The molecule has 1 aromatic heterocycles. The highest BCUT2D eigenvalue weighted by Gasteiger charge is 2.69. The Morgan fingerprint density at radius 3 is 2.32 bits per heavy atom. The summed E-state index contributed by atoms with van der Waals surface area (Å²) in [7, 11) is 0. The van der Waals surface area contributed by atoms with E-state index < -0.39 is 0 Å². The number of hydrogen-bond donors (Lipinski definition) is 2. The molecule has 2 saturated carbocycles. The molecule has 3 aromatic rings. The van der Waals surface area contributed by atoms with Crippen molar-refractivity contribution >= 4 is 52.2 Å². The number of nitrogens with one attached hydrogen (secondary N) is 1. The number of nitrogens with zero attached hydrogens (tertiary/aromatic N) is 1. The van der Waals surface area contributed by atoms with Gasteiger partial charge in [-0.05, 0) is 66.1 Å². The molecule has 2 aliphatic carbocycles. The summed E-state index contributed by atoms with van der Waals surface area (Å²) in [5.74, 6) is -0.478. The normalized spacial score (nSPS) is 33.2. The molecule has 0 radical (unpaired) electrons. The van der Waals surface area contributed by atoms with E-state index in [1.807, 2.05) is 12.1 Å². The summed E-state index contributed by atoms with van der Waals surface area (Å²) in [6, 6.07) is 14.0. The van der Waals surface area contributed by atoms with Gasteiger partial charge in [-0.25, -0.2) is 0 Å². The fraction of sp³-hybridized carbons (Fsp3) is 0.320. The third-order valence-corrected chi connectivity index (χ3v) is 10.9. The maximum atomic E-state index is 13.7. The highest BCUT2D eigenvalue weighted by molar-refractivity contribution is 8.00. The van der Waals surface area contributed by atoms with Crippen LogP contribution in [0.1, 0.15) is 22.8 Å². The minimum Gasteiger partial charge on any atom is -0.508 e. The summed E-state index contributed by atoms with van der Waals surface area (Å²) in [5, 5.41) is 11.4. The first-order valence-electron chi connectivity index (χ1n) is 11.2. The van der Waals surface area contributed by atoms with Gasteiger partial charge in [0.05, 0.1) is 22.5 Å². The molecular weight excluding hydrogens is 492 g/mol. The van der Waals surface area contributed by atoms with Crippen LogP contribution in [0, 0.1) is 29.6 Å². The standard InChI is InChI=1S/C25H19ClN2O4S2/c26-11-3-5-12(6-4-11)28-23(30)18-14-9-15(19(18)24(28)31)20-17(14)16(10-1-7-13(29)8-2-10)21-22(33-20)27-25(32)34-21/h1-8,14-20,29H,9H2,(H,27,32)/t14-,15+,16+,17-,18+,19+,20-/m0/s1. The van der Waals surface area contributed by atoms with Crippen molar-refractivity contribution in [3.05, 3.63) is 73.7 Å². The van der Waals surface area contributed by atoms with Crippen LogP contribution in [0.15, 0.2) is 58.4 Å². The van der Waals surface area contributed by atoms with Gasteiger partial charge in [0.15, 0.2) is 0 Å². The molecule has 172 valence electrons. The fourth-order valence-corrected chi connectivity index (χ4v) is 9.93. The number of anilines is 1. The Kier molecular flexibility index (Phi) is 4.42. The Labute approximate surface area is 207 Å². The molecule has 2 aliphatic heterocycles. The number of aromatic amines is 1. The molecule has 2 amide bonds. The van der Waals surface area contributed by atoms with Crippen molar-refractivity contribution in [1.29, 1.82) is 0 Å². The number of aromatic nitrogens is 1. The van der Waals surface area contributed by atoms with Crippen LogP contribution < -0.4 is 9.77 Å². The first-order chi connectivity index (χ1) is 16.4. The molecule has 7 rings (SSSR count). The molecule has 4 aliphatic rings. The quantitative estimate of drug-likeness (QED) is 0.496. The number of H-pyrrole nitrogens is 1. The van der Waals surface area contributed by atoms with Crippen LogP contribution in [0.5, 0.6) is 5.75 Å². The lowest BCUT2D eigenvalue weighted by Gasteiger charge is -2.43. The summed E-state index contributed by atoms with van der Waals surface area (Å²) in [6.07, 6.45) is 0.845. The van der Waals surface area contributed by atoms with Crippen molar-refractivity contribution in [2.45, 2.75) is 22.6 Å². The Hall–Kier alpha value is -2.55. The summed E-state index contributed by atoms with van der Waals surface area (Å²) in [6.45, 7) is 0. The van der Waals surface area contributed by atoms with Gasteiger partial charge in [-0.15, -0.1) is 11.8 Å². The van der Waals surface area contributed by atoms with Gasteiger partial charge >= 0.3 is 4.87 Å². The molecule has 2 aromatic carbocycles. The predicted molar refractivity (Wildman–Crippen MR) is 131 cm³/mol. The fourth-order valence-electron chi connectivity index (χ4n) is 6.92. The molecule has 7 atom stereocenters. The van der Waals surface area contributed by atoms with Crippen LogP contribution in [0.25, 0.3) is 0 Å². The van der Waals surface area contributed by atoms with E-state index in [1.54, 1.807) is 48.2 Å². The monoisotopic (exact) mass is 510 g/mol. The molecule has 3 heterocycles. The summed E-state index contributed by atoms with van der Waals surface area (Å²) >= 11 is 8.92. The van der Waals surface area contributed by atoms with Crippen LogP contribution in [-0.4, -0.2) is 27.2 Å². The second-order valence-electron chi connectivity index (χ2n) is 9.54. The molecule has 0 spiro atoms. The number of imide groups is 1. The second kappa shape index (κ2) is 7.23. The van der Waals surface area contributed by atoms with Crippen LogP contribution in [0.3, 0.4) is 0 Å². The van der Waals surface area contributed by atoms with E-state index in [2.05, 4.69) is 4.98 Å². The lowest BCUT2D eigenvalue weighted by molar-refractivity contribution is -0.123. The average molecular weight is 511 g/mol. The second-order valence-corrected chi connectivity index (χ2v) is 12.2. The average Bonchev–Trinajstić information content (AvgIpc) is 3.54. The van der Waals surface area contributed by atoms with Crippen LogP contribution in [0.2, 0.25) is 5.02 Å². The number of fused-ring (bicyclic) bond motifs is 9. The zero-order chi connectivity index (χ0) is 23.3. The van der Waals surface area contributed by atoms with Gasteiger partial charge in [0.25, 0.3) is 0 Å². The minimum absolute atomic E-state index is 0.0470. The van der Waals surface area contributed by atoms with E-state index in [1.165, 1.54) is 16.2 Å². The third kappa shape index (κ3) is 2.73. The van der Waals surface area contributed by atoms with E-state index in [-0.39, 0.29) is 63.2 Å². The lowest BCUT2D eigenvalue weighted by atomic mass is 9.68. The van der Waals surface area contributed by atoms with Crippen molar-refractivity contribution in [2.24, 2.45) is 29.6 Å². The van der Waals surface area contributed by atoms with Crippen molar-refractivity contribution in [3.63, 3.8) is 0 Å². The SMILES string of the molecule is O=C1[C@@H]2[C@H]3C[C@@H]([C@@H]4Sc5[nH]c(=O)sc5[C@H](c5ccc(O)cc5)[C@H]34)[C@H]2C(=O)N1c1ccc(Cl)cc1. The maximum Gasteiger partial charge on any atom is 0.305 e. The maximum absolute atomic E-state index is 13.7. The number of carbonyl (C=O) groups is 2. The van der Waals surface area contributed by atoms with Gasteiger partial charge in [-0.2, -0.15) is 0 Å². The number of halogens is 1. The Morgan fingerprint density at radius 1 is 0.941 bits per heavy atom. The molecule has 2 N–H and O–H groups in total. The van der Waals surface area contributed by atoms with Crippen molar-refractivity contribution in [1.82, 2.24) is 4.98 Å². The number of carbonyl (C=O) groups excluding carboxylic acids is 2. The van der Waals surface area contributed by atoms with Crippen molar-refractivity contribution in [3.8, 4) is 5.75 Å². The van der Waals surface area contributed by atoms with Crippen molar-refractivity contribution in [2.75, 3.05) is 4.90 Å². The molecule has 6 nitrogen and oxygen atoms in total. The highest BCUT2D eigenvalue weighted by atomic mass is 35.5. The van der Waals surface area contributed by atoms with Gasteiger partial charge < -0.3 is 10.1 Å². The van der Waals surface area contributed by atoms with Gasteiger partial charge in [-0.3, -0.25) is 19.3 Å². The molecule has 1 saturated heterocycles. The number of hydrogen-bond acceptors (Lipinski definition) is 6. The van der Waals surface area contributed by atoms with E-state index in [9.17, 15) is 19.5 Å². The molecule has 0 unspecified atom stereocenters. The van der Waals surface area contributed by atoms with Crippen LogP contribution >= 0.6 is 34.7 Å². The van der Waals surface area contributed by atoms with Crippen LogP contribution in [-0.2, 0) is 9.59 Å².